The number of nitrogens with one attached hydrogen (secondary N) is 1. The highest BCUT2D eigenvalue weighted by Crippen LogP contribution is 2.24. The summed E-state index contributed by atoms with van der Waals surface area (Å²) >= 11 is 1.52. The largest absolute Gasteiger partial charge is 0.338 e. The third-order valence-corrected chi connectivity index (χ3v) is 5.24. The van der Waals surface area contributed by atoms with Crippen LogP contribution in [0.25, 0.3) is 5.57 Å². The zero-order chi connectivity index (χ0) is 18.4. The molecule has 5 heteroatoms. The van der Waals surface area contributed by atoms with Crippen molar-refractivity contribution < 1.29 is 9.59 Å². The van der Waals surface area contributed by atoms with Crippen LogP contribution in [0.5, 0.6) is 0 Å². The monoisotopic (exact) mass is 366 g/mol. The van der Waals surface area contributed by atoms with Crippen LogP contribution < -0.4 is 5.32 Å². The third kappa shape index (κ3) is 4.99. The molecule has 0 saturated carbocycles. The van der Waals surface area contributed by atoms with E-state index in [4.69, 9.17) is 0 Å². The van der Waals surface area contributed by atoms with Gasteiger partial charge in [0.25, 0.3) is 0 Å². The van der Waals surface area contributed by atoms with Crippen LogP contribution in [0.3, 0.4) is 0 Å². The molecule has 1 aliphatic heterocycles. The molecule has 3 rings (SSSR count). The van der Waals surface area contributed by atoms with Gasteiger partial charge < -0.3 is 10.2 Å². The van der Waals surface area contributed by atoms with E-state index in [1.54, 1.807) is 0 Å². The van der Waals surface area contributed by atoms with Crippen LogP contribution in [0.4, 0.5) is 5.69 Å². The van der Waals surface area contributed by atoms with E-state index in [0.717, 1.165) is 23.5 Å². The molecule has 0 radical (unpaired) electrons. The number of carbonyl (C=O) groups excluding carboxylic acids is 2. The van der Waals surface area contributed by atoms with Crippen molar-refractivity contribution in [2.75, 3.05) is 24.2 Å². The Morgan fingerprint density at radius 1 is 1.08 bits per heavy atom. The van der Waals surface area contributed by atoms with Gasteiger partial charge in [-0.2, -0.15) is 0 Å². The lowest BCUT2D eigenvalue weighted by Gasteiger charge is -2.26. The second kappa shape index (κ2) is 8.72. The van der Waals surface area contributed by atoms with E-state index in [9.17, 15) is 9.59 Å². The summed E-state index contributed by atoms with van der Waals surface area (Å²) in [5, 5.41) is 2.74. The molecule has 0 spiro atoms. The molecule has 0 bridgehead atoms. The molecule has 0 saturated heterocycles. The van der Waals surface area contributed by atoms with Gasteiger partial charge >= 0.3 is 0 Å². The molecule has 1 aliphatic rings. The highest BCUT2D eigenvalue weighted by molar-refractivity contribution is 8.00. The van der Waals surface area contributed by atoms with E-state index in [2.05, 4.69) is 23.5 Å². The molecule has 0 aromatic heterocycles. The van der Waals surface area contributed by atoms with Crippen molar-refractivity contribution in [1.82, 2.24) is 4.90 Å². The molecule has 2 aromatic carbocycles. The average molecular weight is 366 g/mol. The summed E-state index contributed by atoms with van der Waals surface area (Å²) in [6.07, 6.45) is 3.05. The van der Waals surface area contributed by atoms with Crippen LogP contribution in [0, 0.1) is 0 Å². The first-order valence-electron chi connectivity index (χ1n) is 8.64. The van der Waals surface area contributed by atoms with Crippen molar-refractivity contribution in [2.45, 2.75) is 18.2 Å². The second-order valence-electron chi connectivity index (χ2n) is 6.18. The van der Waals surface area contributed by atoms with Crippen molar-refractivity contribution in [2.24, 2.45) is 0 Å². The molecule has 0 fully saturated rings. The maximum Gasteiger partial charge on any atom is 0.233 e. The van der Waals surface area contributed by atoms with Crippen molar-refractivity contribution in [3.63, 3.8) is 0 Å². The SMILES string of the molecule is CC(=O)Nc1ccc(SCC(=O)N2CC=C(c3ccccc3)CC2)cc1. The molecule has 26 heavy (non-hydrogen) atoms. The fourth-order valence-electron chi connectivity index (χ4n) is 2.88. The van der Waals surface area contributed by atoms with E-state index in [-0.39, 0.29) is 11.8 Å². The maximum absolute atomic E-state index is 12.4. The topological polar surface area (TPSA) is 49.4 Å². The Morgan fingerprint density at radius 2 is 1.81 bits per heavy atom. The molecule has 0 aliphatic carbocycles. The Balaban J connectivity index is 1.50. The standard InChI is InChI=1S/C21H22N2O2S/c1-16(24)22-19-7-9-20(10-8-19)26-15-21(25)23-13-11-18(12-14-23)17-5-3-2-4-6-17/h2-11H,12-15H2,1H3,(H,22,24). The molecular formula is C21H22N2O2S. The first kappa shape index (κ1) is 18.3. The highest BCUT2D eigenvalue weighted by Gasteiger charge is 2.17. The fourth-order valence-corrected chi connectivity index (χ4v) is 3.69. The molecule has 2 amide bonds. The summed E-state index contributed by atoms with van der Waals surface area (Å²) in [6.45, 7) is 2.92. The molecule has 134 valence electrons. The van der Waals surface area contributed by atoms with E-state index in [1.165, 1.54) is 29.8 Å². The van der Waals surface area contributed by atoms with Crippen LogP contribution in [0.15, 0.2) is 65.6 Å². The van der Waals surface area contributed by atoms with Crippen LogP contribution >= 0.6 is 11.8 Å². The van der Waals surface area contributed by atoms with Crippen LogP contribution in [0.2, 0.25) is 0 Å². The van der Waals surface area contributed by atoms with Gasteiger partial charge in [0.05, 0.1) is 5.75 Å². The lowest BCUT2D eigenvalue weighted by molar-refractivity contribution is -0.127. The number of benzene rings is 2. The number of amides is 2. The van der Waals surface area contributed by atoms with Gasteiger partial charge in [-0.05, 0) is 41.8 Å². The zero-order valence-corrected chi connectivity index (χ0v) is 15.6. The molecule has 0 unspecified atom stereocenters. The normalized spacial score (nSPS) is 13.9. The van der Waals surface area contributed by atoms with Crippen LogP contribution in [-0.2, 0) is 9.59 Å². The minimum Gasteiger partial charge on any atom is -0.338 e. The zero-order valence-electron chi connectivity index (χ0n) is 14.8. The second-order valence-corrected chi connectivity index (χ2v) is 7.23. The summed E-state index contributed by atoms with van der Waals surface area (Å²) < 4.78 is 0. The smallest absolute Gasteiger partial charge is 0.233 e. The summed E-state index contributed by atoms with van der Waals surface area (Å²) in [7, 11) is 0. The van der Waals surface area contributed by atoms with E-state index < -0.39 is 0 Å². The Hall–Kier alpha value is -2.53. The van der Waals surface area contributed by atoms with Gasteiger partial charge in [0, 0.05) is 30.6 Å². The van der Waals surface area contributed by atoms with Crippen molar-refractivity contribution in [3.05, 3.63) is 66.2 Å². The quantitative estimate of drug-likeness (QED) is 0.812. The highest BCUT2D eigenvalue weighted by atomic mass is 32.2. The van der Waals surface area contributed by atoms with E-state index >= 15 is 0 Å². The van der Waals surface area contributed by atoms with E-state index in [0.29, 0.717) is 12.3 Å². The molecule has 2 aromatic rings. The van der Waals surface area contributed by atoms with Gasteiger partial charge in [-0.3, -0.25) is 9.59 Å². The van der Waals surface area contributed by atoms with E-state index in [1.807, 2.05) is 47.4 Å². The van der Waals surface area contributed by atoms with Gasteiger partial charge in [-0.25, -0.2) is 0 Å². The summed E-state index contributed by atoms with van der Waals surface area (Å²) in [5.74, 6) is 0.492. The summed E-state index contributed by atoms with van der Waals surface area (Å²) in [6, 6.07) is 17.9. The van der Waals surface area contributed by atoms with Crippen molar-refractivity contribution in [1.29, 1.82) is 0 Å². The minimum absolute atomic E-state index is 0.0893. The van der Waals surface area contributed by atoms with Gasteiger partial charge in [-0.15, -0.1) is 11.8 Å². The Bertz CT molecular complexity index is 801. The molecule has 4 nitrogen and oxygen atoms in total. The lowest BCUT2D eigenvalue weighted by atomic mass is 10.00. The summed E-state index contributed by atoms with van der Waals surface area (Å²) in [4.78, 5) is 26.4. The first-order valence-corrected chi connectivity index (χ1v) is 9.63. The fraction of sp³-hybridized carbons (Fsp3) is 0.238. The number of nitrogens with zero attached hydrogens (tertiary/aromatic N) is 1. The Kier molecular flexibility index (Phi) is 6.12. The average Bonchev–Trinajstić information content (AvgIpc) is 2.67. The number of hydrogen-bond acceptors (Lipinski definition) is 3. The maximum atomic E-state index is 12.4. The number of anilines is 1. The third-order valence-electron chi connectivity index (χ3n) is 4.24. The lowest BCUT2D eigenvalue weighted by Crippen LogP contribution is -2.35. The number of carbonyl (C=O) groups is 2. The van der Waals surface area contributed by atoms with Gasteiger partial charge in [0.1, 0.15) is 0 Å². The summed E-state index contributed by atoms with van der Waals surface area (Å²) in [5.41, 5.74) is 3.33. The van der Waals surface area contributed by atoms with Gasteiger partial charge in [0.15, 0.2) is 0 Å². The van der Waals surface area contributed by atoms with Gasteiger partial charge in [-0.1, -0.05) is 36.4 Å². The molecule has 1 heterocycles. The van der Waals surface area contributed by atoms with Crippen LogP contribution in [-0.4, -0.2) is 35.6 Å². The van der Waals surface area contributed by atoms with Gasteiger partial charge in [0.2, 0.25) is 11.8 Å². The number of thioether (sulfide) groups is 1. The van der Waals surface area contributed by atoms with Crippen molar-refractivity contribution >= 4 is 34.8 Å². The molecule has 1 N–H and O–H groups in total. The Morgan fingerprint density at radius 3 is 2.42 bits per heavy atom. The molecular weight excluding hydrogens is 344 g/mol. The number of rotatable bonds is 5. The minimum atomic E-state index is -0.0893. The predicted octanol–water partition coefficient (Wildman–Crippen LogP) is 4.05. The van der Waals surface area contributed by atoms with Crippen molar-refractivity contribution in [3.8, 4) is 0 Å². The predicted molar refractivity (Wildman–Crippen MR) is 107 cm³/mol. The Labute approximate surface area is 158 Å². The first-order chi connectivity index (χ1) is 12.6. The van der Waals surface area contributed by atoms with Crippen LogP contribution in [0.1, 0.15) is 18.9 Å². The number of hydrogen-bond donors (Lipinski definition) is 1. The molecule has 0 atom stereocenters.